The Kier molecular flexibility index (Phi) is 3.98. The number of carboxylic acids is 1. The molecule has 0 saturated carbocycles. The van der Waals surface area contributed by atoms with Crippen LogP contribution in [0.3, 0.4) is 0 Å². The van der Waals surface area contributed by atoms with Crippen LogP contribution < -0.4 is 0 Å². The fourth-order valence-electron chi connectivity index (χ4n) is 1.97. The van der Waals surface area contributed by atoms with Crippen LogP contribution in [-0.4, -0.2) is 21.4 Å². The third kappa shape index (κ3) is 3.12. The van der Waals surface area contributed by atoms with Crippen molar-refractivity contribution >= 4 is 11.8 Å². The van der Waals surface area contributed by atoms with Crippen molar-refractivity contribution in [3.63, 3.8) is 0 Å². The lowest BCUT2D eigenvalue weighted by atomic mass is 10.1. The van der Waals surface area contributed by atoms with Crippen LogP contribution in [0.1, 0.15) is 33.3 Å². The molecular weight excluding hydrogens is 261 g/mol. The Bertz CT molecular complexity index is 644. The van der Waals surface area contributed by atoms with Gasteiger partial charge in [0.25, 0.3) is 0 Å². The molecule has 2 aromatic rings. The molecule has 1 heterocycles. The van der Waals surface area contributed by atoms with E-state index >= 15 is 0 Å². The molecule has 0 atom stereocenters. The van der Waals surface area contributed by atoms with Gasteiger partial charge in [-0.25, -0.2) is 9.18 Å². The Morgan fingerprint density at radius 1 is 1.25 bits per heavy atom. The minimum Gasteiger partial charge on any atom is -0.477 e. The summed E-state index contributed by atoms with van der Waals surface area (Å²) in [5.74, 6) is -1.55. The third-order valence-corrected chi connectivity index (χ3v) is 3.08. The van der Waals surface area contributed by atoms with Crippen molar-refractivity contribution in [2.75, 3.05) is 0 Å². The molecule has 0 radical (unpaired) electrons. The lowest BCUT2D eigenvalue weighted by Gasteiger charge is -2.06. The van der Waals surface area contributed by atoms with Crippen LogP contribution >= 0.6 is 0 Å². The number of carbonyl (C=O) groups excluding carboxylic acids is 1. The van der Waals surface area contributed by atoms with Crippen molar-refractivity contribution in [2.45, 2.75) is 19.9 Å². The van der Waals surface area contributed by atoms with Gasteiger partial charge < -0.3 is 9.67 Å². The highest BCUT2D eigenvalue weighted by atomic mass is 19.1. The van der Waals surface area contributed by atoms with E-state index in [1.54, 1.807) is 12.1 Å². The number of hydrogen-bond acceptors (Lipinski definition) is 2. The average Bonchev–Trinajstić information content (AvgIpc) is 2.82. The summed E-state index contributed by atoms with van der Waals surface area (Å²) in [6, 6.07) is 7.42. The Morgan fingerprint density at radius 3 is 2.45 bits per heavy atom. The number of aromatic carboxylic acids is 1. The molecule has 20 heavy (non-hydrogen) atoms. The number of Topliss-reactive ketones (excluding diaryl/α,β-unsaturated/α-hetero) is 1. The van der Waals surface area contributed by atoms with E-state index in [4.69, 9.17) is 5.11 Å². The van der Waals surface area contributed by atoms with Crippen LogP contribution in [0.15, 0.2) is 36.5 Å². The van der Waals surface area contributed by atoms with E-state index in [9.17, 15) is 14.0 Å². The molecule has 1 aromatic heterocycles. The second-order valence-corrected chi connectivity index (χ2v) is 4.55. The maximum atomic E-state index is 12.8. The summed E-state index contributed by atoms with van der Waals surface area (Å²) in [5, 5.41) is 9.11. The van der Waals surface area contributed by atoms with Crippen LogP contribution in [0.25, 0.3) is 0 Å². The number of aromatic nitrogens is 1. The summed E-state index contributed by atoms with van der Waals surface area (Å²) < 4.78 is 14.3. The number of rotatable bonds is 5. The Morgan fingerprint density at radius 2 is 1.90 bits per heavy atom. The Balaban J connectivity index is 2.17. The topological polar surface area (TPSA) is 59.3 Å². The average molecular weight is 275 g/mol. The zero-order chi connectivity index (χ0) is 14.7. The van der Waals surface area contributed by atoms with Gasteiger partial charge in [0, 0.05) is 18.3 Å². The molecule has 0 amide bonds. The number of ketones is 1. The van der Waals surface area contributed by atoms with Crippen LogP contribution in [0.4, 0.5) is 4.39 Å². The highest BCUT2D eigenvalue weighted by Crippen LogP contribution is 2.12. The zero-order valence-corrected chi connectivity index (χ0v) is 11.0. The number of carboxylic acid groups (broad SMARTS) is 1. The number of aryl methyl sites for hydroxylation is 2. The van der Waals surface area contributed by atoms with Gasteiger partial charge in [0.1, 0.15) is 11.5 Å². The minimum atomic E-state index is -1.07. The number of hydrogen-bond donors (Lipinski definition) is 1. The smallest absolute Gasteiger partial charge is 0.352 e. The zero-order valence-electron chi connectivity index (χ0n) is 11.0. The molecule has 4 nitrogen and oxygen atoms in total. The molecule has 2 rings (SSSR count). The SMILES string of the molecule is CC(=O)c1cc(C(=O)O)n(CCc2ccc(F)cc2)c1. The van der Waals surface area contributed by atoms with Crippen molar-refractivity contribution in [3.8, 4) is 0 Å². The lowest BCUT2D eigenvalue weighted by Crippen LogP contribution is -2.09. The van der Waals surface area contributed by atoms with Crippen LogP contribution in [-0.2, 0) is 13.0 Å². The van der Waals surface area contributed by atoms with E-state index in [2.05, 4.69) is 0 Å². The van der Waals surface area contributed by atoms with Crippen molar-refractivity contribution in [3.05, 3.63) is 59.2 Å². The van der Waals surface area contributed by atoms with Crippen molar-refractivity contribution in [2.24, 2.45) is 0 Å². The summed E-state index contributed by atoms with van der Waals surface area (Å²) in [5.41, 5.74) is 1.36. The molecule has 5 heteroatoms. The van der Waals surface area contributed by atoms with Crippen molar-refractivity contribution in [1.29, 1.82) is 0 Å². The molecule has 0 unspecified atom stereocenters. The summed E-state index contributed by atoms with van der Waals surface area (Å²) in [6.45, 7) is 1.81. The minimum absolute atomic E-state index is 0.0808. The first-order valence-corrected chi connectivity index (χ1v) is 6.16. The maximum Gasteiger partial charge on any atom is 0.352 e. The standard InChI is InChI=1S/C15H14FNO3/c1-10(18)12-8-14(15(19)20)17(9-12)7-6-11-2-4-13(16)5-3-11/h2-5,8-9H,6-7H2,1H3,(H,19,20). The quantitative estimate of drug-likeness (QED) is 0.853. The van der Waals surface area contributed by atoms with Crippen molar-refractivity contribution < 1.29 is 19.1 Å². The van der Waals surface area contributed by atoms with Crippen LogP contribution in [0, 0.1) is 5.82 Å². The van der Waals surface area contributed by atoms with E-state index in [1.807, 2.05) is 0 Å². The molecule has 0 fully saturated rings. The van der Waals surface area contributed by atoms with Crippen LogP contribution in [0.2, 0.25) is 0 Å². The van der Waals surface area contributed by atoms with Gasteiger partial charge in [-0.1, -0.05) is 12.1 Å². The van der Waals surface area contributed by atoms with Crippen LogP contribution in [0.5, 0.6) is 0 Å². The molecule has 104 valence electrons. The fourth-order valence-corrected chi connectivity index (χ4v) is 1.97. The van der Waals surface area contributed by atoms with Gasteiger partial charge in [-0.2, -0.15) is 0 Å². The summed E-state index contributed by atoms with van der Waals surface area (Å²) in [4.78, 5) is 22.4. The highest BCUT2D eigenvalue weighted by Gasteiger charge is 2.14. The van der Waals surface area contributed by atoms with Gasteiger partial charge in [-0.15, -0.1) is 0 Å². The molecule has 0 aliphatic rings. The molecule has 0 bridgehead atoms. The first-order valence-electron chi connectivity index (χ1n) is 6.16. The summed E-state index contributed by atoms with van der Waals surface area (Å²) in [7, 11) is 0. The van der Waals surface area contributed by atoms with E-state index in [-0.39, 0.29) is 17.3 Å². The Hall–Kier alpha value is -2.43. The van der Waals surface area contributed by atoms with Gasteiger partial charge in [0.05, 0.1) is 0 Å². The normalized spacial score (nSPS) is 10.5. The predicted octanol–water partition coefficient (Wildman–Crippen LogP) is 2.77. The molecular formula is C15H14FNO3. The Labute approximate surface area is 115 Å². The summed E-state index contributed by atoms with van der Waals surface area (Å²) >= 11 is 0. The largest absolute Gasteiger partial charge is 0.477 e. The molecule has 0 spiro atoms. The third-order valence-electron chi connectivity index (χ3n) is 3.08. The molecule has 1 aromatic carbocycles. The van der Waals surface area contributed by atoms with E-state index < -0.39 is 5.97 Å². The van der Waals surface area contributed by atoms with Gasteiger partial charge in [0.15, 0.2) is 5.78 Å². The number of benzene rings is 1. The second-order valence-electron chi connectivity index (χ2n) is 4.55. The van der Waals surface area contributed by atoms with Gasteiger partial charge in [0.2, 0.25) is 0 Å². The van der Waals surface area contributed by atoms with Gasteiger partial charge >= 0.3 is 5.97 Å². The molecule has 1 N–H and O–H groups in total. The van der Waals surface area contributed by atoms with Crippen molar-refractivity contribution in [1.82, 2.24) is 4.57 Å². The molecule has 0 aliphatic carbocycles. The van der Waals surface area contributed by atoms with Gasteiger partial charge in [-0.3, -0.25) is 4.79 Å². The first-order chi connectivity index (χ1) is 9.47. The fraction of sp³-hybridized carbons (Fsp3) is 0.200. The summed E-state index contributed by atoms with van der Waals surface area (Å²) in [6.07, 6.45) is 2.10. The van der Waals surface area contributed by atoms with E-state index in [0.29, 0.717) is 18.5 Å². The highest BCUT2D eigenvalue weighted by molar-refractivity contribution is 5.97. The first kappa shape index (κ1) is 14.0. The lowest BCUT2D eigenvalue weighted by molar-refractivity contribution is 0.0685. The van der Waals surface area contributed by atoms with Gasteiger partial charge in [-0.05, 0) is 37.1 Å². The van der Waals surface area contributed by atoms with E-state index in [1.165, 1.54) is 35.9 Å². The maximum absolute atomic E-state index is 12.8. The number of carbonyl (C=O) groups is 2. The second kappa shape index (κ2) is 5.69. The van der Waals surface area contributed by atoms with E-state index in [0.717, 1.165) is 5.56 Å². The number of nitrogens with zero attached hydrogens (tertiary/aromatic N) is 1. The molecule has 0 aliphatic heterocycles. The predicted molar refractivity (Wildman–Crippen MR) is 71.5 cm³/mol. The molecule has 0 saturated heterocycles. The monoisotopic (exact) mass is 275 g/mol. The number of halogens is 1.